The van der Waals surface area contributed by atoms with Gasteiger partial charge in [-0.2, -0.15) is 0 Å². The van der Waals surface area contributed by atoms with Gasteiger partial charge in [0.1, 0.15) is 0 Å². The van der Waals surface area contributed by atoms with Crippen molar-refractivity contribution in [1.82, 2.24) is 14.9 Å². The molecule has 1 aromatic carbocycles. The van der Waals surface area contributed by atoms with Gasteiger partial charge in [0.2, 0.25) is 5.95 Å². The Bertz CT molecular complexity index is 775. The summed E-state index contributed by atoms with van der Waals surface area (Å²) < 4.78 is 0. The quantitative estimate of drug-likeness (QED) is 0.919. The van der Waals surface area contributed by atoms with Crippen LogP contribution in [0, 0.1) is 5.92 Å². The van der Waals surface area contributed by atoms with Crippen LogP contribution in [-0.2, 0) is 12.8 Å². The molecule has 4 rings (SSSR count). The molecule has 1 aliphatic heterocycles. The Hall–Kier alpha value is -2.27. The number of nitrogens with zero attached hydrogens (tertiary/aromatic N) is 3. The number of benzene rings is 1. The normalized spacial score (nSPS) is 22.3. The highest BCUT2D eigenvalue weighted by molar-refractivity contribution is 6.03. The first kappa shape index (κ1) is 17.2. The van der Waals surface area contributed by atoms with Crippen molar-refractivity contribution in [3.05, 3.63) is 53.3 Å². The Morgan fingerprint density at radius 1 is 1.27 bits per heavy atom. The average molecular weight is 350 g/mol. The van der Waals surface area contributed by atoms with E-state index in [1.807, 2.05) is 24.4 Å². The predicted octanol–water partition coefficient (Wildman–Crippen LogP) is 3.32. The molecule has 0 bridgehead atoms. The van der Waals surface area contributed by atoms with E-state index in [1.54, 1.807) is 12.1 Å². The van der Waals surface area contributed by atoms with E-state index in [2.05, 4.69) is 27.1 Å². The highest BCUT2D eigenvalue weighted by atomic mass is 16.1. The minimum absolute atomic E-state index is 0.161. The summed E-state index contributed by atoms with van der Waals surface area (Å²) in [5, 5.41) is 2.84. The smallest absolute Gasteiger partial charge is 0.258 e. The van der Waals surface area contributed by atoms with Crippen LogP contribution in [0.15, 0.2) is 36.5 Å². The lowest BCUT2D eigenvalue weighted by molar-refractivity contribution is 0.0845. The number of rotatable bonds is 4. The van der Waals surface area contributed by atoms with Gasteiger partial charge in [0.15, 0.2) is 0 Å². The third-order valence-electron chi connectivity index (χ3n) is 5.64. The molecule has 2 heterocycles. The van der Waals surface area contributed by atoms with Gasteiger partial charge < -0.3 is 0 Å². The number of anilines is 1. The molecule has 1 aromatic heterocycles. The number of aromatic nitrogens is 2. The number of fused-ring (bicyclic) bond motifs is 2. The molecule has 0 radical (unpaired) electrons. The van der Waals surface area contributed by atoms with Gasteiger partial charge in [-0.15, -0.1) is 0 Å². The maximum absolute atomic E-state index is 12.3. The average Bonchev–Trinajstić information content (AvgIpc) is 2.67. The van der Waals surface area contributed by atoms with Crippen molar-refractivity contribution < 1.29 is 4.79 Å². The van der Waals surface area contributed by atoms with Gasteiger partial charge in [-0.3, -0.25) is 15.0 Å². The van der Waals surface area contributed by atoms with Crippen molar-refractivity contribution in [2.45, 2.75) is 45.1 Å². The molecular formula is C21H26N4O. The monoisotopic (exact) mass is 350 g/mol. The van der Waals surface area contributed by atoms with Crippen LogP contribution in [0.3, 0.4) is 0 Å². The summed E-state index contributed by atoms with van der Waals surface area (Å²) >= 11 is 0. The number of nitrogens with one attached hydrogen (secondary N) is 1. The van der Waals surface area contributed by atoms with Crippen molar-refractivity contribution in [2.75, 3.05) is 18.4 Å². The predicted molar refractivity (Wildman–Crippen MR) is 102 cm³/mol. The first-order chi connectivity index (χ1) is 12.7. The molecule has 136 valence electrons. The largest absolute Gasteiger partial charge is 0.300 e. The molecule has 1 N–H and O–H groups in total. The first-order valence-corrected chi connectivity index (χ1v) is 9.70. The van der Waals surface area contributed by atoms with Crippen LogP contribution >= 0.6 is 0 Å². The topological polar surface area (TPSA) is 58.1 Å². The molecular weight excluding hydrogens is 324 g/mol. The van der Waals surface area contributed by atoms with Crippen molar-refractivity contribution >= 4 is 11.9 Å². The van der Waals surface area contributed by atoms with Gasteiger partial charge in [0, 0.05) is 23.5 Å². The zero-order valence-corrected chi connectivity index (χ0v) is 15.3. The Labute approximate surface area is 154 Å². The SMILES string of the molecule is CCCN1CCC[C@H]2Cc3nc(NC(=O)c4ccccc4)ncc3C[C@@H]21. The highest BCUT2D eigenvalue weighted by Gasteiger charge is 2.35. The molecule has 2 aromatic rings. The number of amides is 1. The molecule has 1 aliphatic carbocycles. The summed E-state index contributed by atoms with van der Waals surface area (Å²) in [7, 11) is 0. The van der Waals surface area contributed by atoms with Crippen LogP contribution in [0.5, 0.6) is 0 Å². The molecule has 1 saturated heterocycles. The van der Waals surface area contributed by atoms with Gasteiger partial charge in [0.25, 0.3) is 5.91 Å². The number of carbonyl (C=O) groups is 1. The van der Waals surface area contributed by atoms with Crippen molar-refractivity contribution in [1.29, 1.82) is 0 Å². The van der Waals surface area contributed by atoms with Gasteiger partial charge in [-0.05, 0) is 68.8 Å². The van der Waals surface area contributed by atoms with E-state index in [-0.39, 0.29) is 5.91 Å². The van der Waals surface area contributed by atoms with Gasteiger partial charge in [-0.25, -0.2) is 9.97 Å². The van der Waals surface area contributed by atoms with Crippen molar-refractivity contribution in [2.24, 2.45) is 5.92 Å². The van der Waals surface area contributed by atoms with E-state index in [1.165, 1.54) is 37.9 Å². The molecule has 1 amide bonds. The Kier molecular flexibility index (Phi) is 4.98. The number of hydrogen-bond acceptors (Lipinski definition) is 4. The molecule has 0 spiro atoms. The number of carbonyl (C=O) groups excluding carboxylic acids is 1. The number of likely N-dealkylation sites (tertiary alicyclic amines) is 1. The summed E-state index contributed by atoms with van der Waals surface area (Å²) in [5.41, 5.74) is 2.98. The molecule has 0 saturated carbocycles. The first-order valence-electron chi connectivity index (χ1n) is 9.70. The van der Waals surface area contributed by atoms with Gasteiger partial charge in [0.05, 0.1) is 0 Å². The van der Waals surface area contributed by atoms with E-state index in [0.717, 1.165) is 18.5 Å². The number of piperidine rings is 1. The van der Waals surface area contributed by atoms with E-state index in [4.69, 9.17) is 0 Å². The summed E-state index contributed by atoms with van der Waals surface area (Å²) in [6, 6.07) is 9.83. The lowest BCUT2D eigenvalue weighted by Crippen LogP contribution is -2.49. The lowest BCUT2D eigenvalue weighted by atomic mass is 9.77. The van der Waals surface area contributed by atoms with Crippen LogP contribution in [0.1, 0.15) is 47.8 Å². The molecule has 26 heavy (non-hydrogen) atoms. The van der Waals surface area contributed by atoms with Crippen LogP contribution in [0.25, 0.3) is 0 Å². The third kappa shape index (κ3) is 3.49. The molecule has 5 heteroatoms. The summed E-state index contributed by atoms with van der Waals surface area (Å²) in [5.74, 6) is 0.929. The minimum atomic E-state index is -0.161. The molecule has 0 unspecified atom stereocenters. The fourth-order valence-corrected chi connectivity index (χ4v) is 4.40. The van der Waals surface area contributed by atoms with Crippen LogP contribution in [0.2, 0.25) is 0 Å². The molecule has 5 nitrogen and oxygen atoms in total. The zero-order chi connectivity index (χ0) is 17.9. The zero-order valence-electron chi connectivity index (χ0n) is 15.3. The second-order valence-electron chi connectivity index (χ2n) is 7.40. The summed E-state index contributed by atoms with van der Waals surface area (Å²) in [4.78, 5) is 24.1. The maximum Gasteiger partial charge on any atom is 0.258 e. The Morgan fingerprint density at radius 2 is 2.12 bits per heavy atom. The van der Waals surface area contributed by atoms with Crippen LogP contribution in [-0.4, -0.2) is 39.9 Å². The fraction of sp³-hybridized carbons (Fsp3) is 0.476. The van der Waals surface area contributed by atoms with E-state index < -0.39 is 0 Å². The summed E-state index contributed by atoms with van der Waals surface area (Å²) in [6.45, 7) is 4.66. The molecule has 1 fully saturated rings. The highest BCUT2D eigenvalue weighted by Crippen LogP contribution is 2.34. The van der Waals surface area contributed by atoms with E-state index in [0.29, 0.717) is 23.5 Å². The standard InChI is InChI=1S/C21H26N4O/c1-2-10-25-11-6-9-16-12-18-17(13-19(16)25)14-22-21(23-18)24-20(26)15-7-4-3-5-8-15/h3-5,7-8,14,16,19H,2,6,9-13H2,1H3,(H,22,23,24,26)/t16-,19-/m0/s1. The number of hydrogen-bond donors (Lipinski definition) is 1. The minimum Gasteiger partial charge on any atom is -0.300 e. The summed E-state index contributed by atoms with van der Waals surface area (Å²) in [6.07, 6.45) is 7.71. The molecule has 2 aliphatic rings. The van der Waals surface area contributed by atoms with Crippen molar-refractivity contribution in [3.63, 3.8) is 0 Å². The lowest BCUT2D eigenvalue weighted by Gasteiger charge is -2.44. The van der Waals surface area contributed by atoms with E-state index >= 15 is 0 Å². The fourth-order valence-electron chi connectivity index (χ4n) is 4.40. The van der Waals surface area contributed by atoms with Crippen LogP contribution in [0.4, 0.5) is 5.95 Å². The second kappa shape index (κ2) is 7.54. The third-order valence-corrected chi connectivity index (χ3v) is 5.64. The Morgan fingerprint density at radius 3 is 2.92 bits per heavy atom. The van der Waals surface area contributed by atoms with E-state index in [9.17, 15) is 4.79 Å². The Balaban J connectivity index is 1.50. The molecule has 2 atom stereocenters. The van der Waals surface area contributed by atoms with Crippen LogP contribution < -0.4 is 5.32 Å². The maximum atomic E-state index is 12.3. The van der Waals surface area contributed by atoms with Crippen molar-refractivity contribution in [3.8, 4) is 0 Å². The van der Waals surface area contributed by atoms with Gasteiger partial charge in [-0.1, -0.05) is 25.1 Å². The van der Waals surface area contributed by atoms with Gasteiger partial charge >= 0.3 is 0 Å². The second-order valence-corrected chi connectivity index (χ2v) is 7.40.